The summed E-state index contributed by atoms with van der Waals surface area (Å²) in [7, 11) is 0. The van der Waals surface area contributed by atoms with Crippen molar-refractivity contribution in [3.63, 3.8) is 0 Å². The van der Waals surface area contributed by atoms with E-state index in [2.05, 4.69) is 34.3 Å². The van der Waals surface area contributed by atoms with Crippen LogP contribution in [0.15, 0.2) is 39.8 Å². The molecule has 0 saturated heterocycles. The van der Waals surface area contributed by atoms with Crippen molar-refractivity contribution < 1.29 is 4.52 Å². The fraction of sp³-hybridized carbons (Fsp3) is 0.438. The molecular formula is C16H24IN5O. The third-order valence-corrected chi connectivity index (χ3v) is 3.11. The van der Waals surface area contributed by atoms with Gasteiger partial charge < -0.3 is 15.6 Å². The number of hydrogen-bond donors (Lipinski definition) is 2. The Morgan fingerprint density at radius 3 is 2.61 bits per heavy atom. The Morgan fingerprint density at radius 2 is 1.96 bits per heavy atom. The number of hydrogen-bond acceptors (Lipinski definition) is 4. The van der Waals surface area contributed by atoms with Crippen molar-refractivity contribution in [1.29, 1.82) is 0 Å². The first kappa shape index (κ1) is 19.4. The first-order valence-electron chi connectivity index (χ1n) is 7.49. The molecule has 0 aliphatic heterocycles. The van der Waals surface area contributed by atoms with Gasteiger partial charge in [0.05, 0.1) is 5.92 Å². The standard InChI is InChI=1S/C16H23N5O.HI/c1-11(2)9-18-16(17)19-10-12(3)15-20-14(21-22-15)13-7-5-4-6-8-13;/h4-8,11-12H,9-10H2,1-3H3,(H3,17,18,19);1H. The van der Waals surface area contributed by atoms with Gasteiger partial charge in [-0.15, -0.1) is 24.0 Å². The minimum absolute atomic E-state index is 0. The van der Waals surface area contributed by atoms with Gasteiger partial charge in [0.1, 0.15) is 0 Å². The van der Waals surface area contributed by atoms with Gasteiger partial charge in [-0.1, -0.05) is 56.3 Å². The van der Waals surface area contributed by atoms with Crippen LogP contribution in [0, 0.1) is 5.92 Å². The summed E-state index contributed by atoms with van der Waals surface area (Å²) < 4.78 is 5.33. The predicted molar refractivity (Wildman–Crippen MR) is 103 cm³/mol. The number of nitrogens with one attached hydrogen (secondary N) is 1. The molecule has 1 aromatic heterocycles. The zero-order valence-electron chi connectivity index (χ0n) is 13.7. The van der Waals surface area contributed by atoms with Crippen molar-refractivity contribution in [2.45, 2.75) is 26.7 Å². The maximum absolute atomic E-state index is 5.82. The Morgan fingerprint density at radius 1 is 1.26 bits per heavy atom. The normalized spacial score (nSPS) is 12.8. The van der Waals surface area contributed by atoms with Gasteiger partial charge in [0, 0.05) is 18.7 Å². The van der Waals surface area contributed by atoms with Gasteiger partial charge >= 0.3 is 0 Å². The highest BCUT2D eigenvalue weighted by atomic mass is 127. The predicted octanol–water partition coefficient (Wildman–Crippen LogP) is 3.02. The molecule has 1 atom stereocenters. The van der Waals surface area contributed by atoms with Crippen LogP contribution < -0.4 is 11.1 Å². The fourth-order valence-electron chi connectivity index (χ4n) is 1.82. The van der Waals surface area contributed by atoms with Gasteiger partial charge in [0.15, 0.2) is 5.96 Å². The summed E-state index contributed by atoms with van der Waals surface area (Å²) in [5.41, 5.74) is 6.76. The van der Waals surface area contributed by atoms with Crippen molar-refractivity contribution in [3.8, 4) is 11.4 Å². The minimum atomic E-state index is 0. The zero-order chi connectivity index (χ0) is 15.9. The molecule has 2 aromatic rings. The second-order valence-corrected chi connectivity index (χ2v) is 5.72. The number of halogens is 1. The van der Waals surface area contributed by atoms with E-state index in [1.54, 1.807) is 0 Å². The van der Waals surface area contributed by atoms with Crippen molar-refractivity contribution in [1.82, 2.24) is 15.5 Å². The molecule has 0 bridgehead atoms. The molecule has 0 radical (unpaired) electrons. The molecule has 6 nitrogen and oxygen atoms in total. The number of aliphatic imine (C=N–C) groups is 1. The molecular weight excluding hydrogens is 405 g/mol. The van der Waals surface area contributed by atoms with Crippen LogP contribution in [0.25, 0.3) is 11.4 Å². The van der Waals surface area contributed by atoms with Gasteiger partial charge in [-0.25, -0.2) is 0 Å². The van der Waals surface area contributed by atoms with E-state index in [9.17, 15) is 0 Å². The molecule has 2 rings (SSSR count). The molecule has 1 unspecified atom stereocenters. The van der Waals surface area contributed by atoms with Crippen LogP contribution in [-0.4, -0.2) is 29.2 Å². The maximum Gasteiger partial charge on any atom is 0.231 e. The quantitative estimate of drug-likeness (QED) is 0.419. The number of guanidine groups is 1. The Labute approximate surface area is 154 Å². The maximum atomic E-state index is 5.82. The molecule has 0 amide bonds. The van der Waals surface area contributed by atoms with Crippen molar-refractivity contribution >= 4 is 29.9 Å². The van der Waals surface area contributed by atoms with E-state index in [-0.39, 0.29) is 29.9 Å². The second kappa shape index (κ2) is 9.49. The van der Waals surface area contributed by atoms with Crippen LogP contribution in [0.4, 0.5) is 0 Å². The lowest BCUT2D eigenvalue weighted by atomic mass is 10.2. The van der Waals surface area contributed by atoms with E-state index in [1.807, 2.05) is 37.3 Å². The Bertz CT molecular complexity index is 612. The summed E-state index contributed by atoms with van der Waals surface area (Å²) in [4.78, 5) is 8.69. The monoisotopic (exact) mass is 429 g/mol. The third-order valence-electron chi connectivity index (χ3n) is 3.11. The Kier molecular flexibility index (Phi) is 8.01. The highest BCUT2D eigenvalue weighted by molar-refractivity contribution is 14.0. The summed E-state index contributed by atoms with van der Waals surface area (Å²) in [5.74, 6) is 2.18. The van der Waals surface area contributed by atoms with Crippen molar-refractivity contribution in [3.05, 3.63) is 36.2 Å². The van der Waals surface area contributed by atoms with E-state index in [0.29, 0.717) is 36.7 Å². The largest absolute Gasteiger partial charge is 0.370 e. The first-order chi connectivity index (χ1) is 10.6. The lowest BCUT2D eigenvalue weighted by Gasteiger charge is -2.09. The van der Waals surface area contributed by atoms with Crippen LogP contribution in [0.1, 0.15) is 32.6 Å². The number of rotatable bonds is 6. The van der Waals surface area contributed by atoms with E-state index >= 15 is 0 Å². The number of nitrogens with zero attached hydrogens (tertiary/aromatic N) is 3. The lowest BCUT2D eigenvalue weighted by Crippen LogP contribution is -2.34. The van der Waals surface area contributed by atoms with Crippen LogP contribution >= 0.6 is 24.0 Å². The summed E-state index contributed by atoms with van der Waals surface area (Å²) in [6.07, 6.45) is 0. The summed E-state index contributed by atoms with van der Waals surface area (Å²) in [6, 6.07) is 9.75. The lowest BCUT2D eigenvalue weighted by molar-refractivity contribution is 0.359. The van der Waals surface area contributed by atoms with Crippen LogP contribution in [0.3, 0.4) is 0 Å². The number of nitrogens with two attached hydrogens (primary N) is 1. The number of aromatic nitrogens is 2. The molecule has 126 valence electrons. The fourth-order valence-corrected chi connectivity index (χ4v) is 1.82. The van der Waals surface area contributed by atoms with E-state index in [4.69, 9.17) is 10.3 Å². The zero-order valence-corrected chi connectivity index (χ0v) is 16.0. The van der Waals surface area contributed by atoms with Gasteiger partial charge in [-0.2, -0.15) is 4.98 Å². The van der Waals surface area contributed by atoms with Gasteiger partial charge in [-0.3, -0.25) is 4.99 Å². The van der Waals surface area contributed by atoms with Crippen LogP contribution in [-0.2, 0) is 0 Å². The van der Waals surface area contributed by atoms with Gasteiger partial charge in [-0.05, 0) is 5.92 Å². The van der Waals surface area contributed by atoms with Gasteiger partial charge in [0.2, 0.25) is 11.7 Å². The third kappa shape index (κ3) is 6.17. The molecule has 0 aliphatic rings. The first-order valence-corrected chi connectivity index (χ1v) is 7.49. The molecule has 0 spiro atoms. The molecule has 0 fully saturated rings. The molecule has 1 heterocycles. The van der Waals surface area contributed by atoms with Gasteiger partial charge in [0.25, 0.3) is 0 Å². The SMILES string of the molecule is CC(C)CN=C(N)NCC(C)c1nc(-c2ccccc2)no1.I. The smallest absolute Gasteiger partial charge is 0.231 e. The second-order valence-electron chi connectivity index (χ2n) is 5.72. The highest BCUT2D eigenvalue weighted by Crippen LogP contribution is 2.18. The number of benzene rings is 1. The summed E-state index contributed by atoms with van der Waals surface area (Å²) >= 11 is 0. The van der Waals surface area contributed by atoms with Crippen molar-refractivity contribution in [2.24, 2.45) is 16.6 Å². The molecule has 0 aliphatic carbocycles. The summed E-state index contributed by atoms with van der Waals surface area (Å²) in [5, 5.41) is 7.10. The van der Waals surface area contributed by atoms with E-state index in [1.165, 1.54) is 0 Å². The summed E-state index contributed by atoms with van der Waals surface area (Å²) in [6.45, 7) is 7.52. The minimum Gasteiger partial charge on any atom is -0.370 e. The topological polar surface area (TPSA) is 89.3 Å². The Balaban J connectivity index is 0.00000264. The molecule has 1 aromatic carbocycles. The molecule has 23 heavy (non-hydrogen) atoms. The molecule has 7 heteroatoms. The average molecular weight is 429 g/mol. The average Bonchev–Trinajstić information content (AvgIpc) is 3.01. The molecule has 3 N–H and O–H groups in total. The van der Waals surface area contributed by atoms with Crippen molar-refractivity contribution in [2.75, 3.05) is 13.1 Å². The molecule has 0 saturated carbocycles. The highest BCUT2D eigenvalue weighted by Gasteiger charge is 2.15. The van der Waals surface area contributed by atoms with E-state index < -0.39 is 0 Å². The van der Waals surface area contributed by atoms with E-state index in [0.717, 1.165) is 5.56 Å². The van der Waals surface area contributed by atoms with Crippen LogP contribution in [0.2, 0.25) is 0 Å². The Hall–Kier alpha value is -1.64. The van der Waals surface area contributed by atoms with Crippen LogP contribution in [0.5, 0.6) is 0 Å².